The number of rotatable bonds is 2. The lowest BCUT2D eigenvalue weighted by molar-refractivity contribution is -0.120. The molecule has 1 amide bonds. The summed E-state index contributed by atoms with van der Waals surface area (Å²) in [6, 6.07) is 12.9. The van der Waals surface area contributed by atoms with E-state index in [0.29, 0.717) is 21.6 Å². The van der Waals surface area contributed by atoms with Crippen LogP contribution in [0.4, 0.5) is 0 Å². The van der Waals surface area contributed by atoms with Crippen LogP contribution in [0.25, 0.3) is 0 Å². The van der Waals surface area contributed by atoms with Crippen molar-refractivity contribution in [1.29, 1.82) is 0 Å². The van der Waals surface area contributed by atoms with E-state index in [1.807, 2.05) is 30.3 Å². The van der Waals surface area contributed by atoms with Gasteiger partial charge in [-0.05, 0) is 29.3 Å². The zero-order valence-electron chi connectivity index (χ0n) is 10.9. The molecule has 0 saturated carbocycles. The normalized spacial score (nSPS) is 21.4. The molecule has 1 fully saturated rings. The minimum absolute atomic E-state index is 0.0107. The van der Waals surface area contributed by atoms with Crippen LogP contribution in [0.15, 0.2) is 42.5 Å². The minimum atomic E-state index is -0.306. The van der Waals surface area contributed by atoms with Gasteiger partial charge in [-0.3, -0.25) is 4.79 Å². The van der Waals surface area contributed by atoms with Gasteiger partial charge in [0.25, 0.3) is 0 Å². The molecule has 1 saturated heterocycles. The van der Waals surface area contributed by atoms with Gasteiger partial charge < -0.3 is 5.32 Å². The van der Waals surface area contributed by atoms with Crippen LogP contribution in [-0.2, 0) is 4.79 Å². The van der Waals surface area contributed by atoms with Gasteiger partial charge in [0.05, 0.1) is 16.0 Å². The van der Waals surface area contributed by atoms with Crippen LogP contribution in [0.1, 0.15) is 23.0 Å². The summed E-state index contributed by atoms with van der Waals surface area (Å²) in [4.78, 5) is 12.2. The number of carbonyl (C=O) groups excluding carboxylic acids is 1. The van der Waals surface area contributed by atoms with Crippen LogP contribution in [0.2, 0.25) is 15.1 Å². The molecule has 1 N–H and O–H groups in total. The first-order valence-electron chi connectivity index (χ1n) is 6.55. The Morgan fingerprint density at radius 3 is 2.43 bits per heavy atom. The van der Waals surface area contributed by atoms with Gasteiger partial charge in [-0.2, -0.15) is 0 Å². The minimum Gasteiger partial charge on any atom is -0.355 e. The van der Waals surface area contributed by atoms with E-state index in [4.69, 9.17) is 34.8 Å². The van der Waals surface area contributed by atoms with Gasteiger partial charge in [-0.25, -0.2) is 0 Å². The summed E-state index contributed by atoms with van der Waals surface area (Å²) in [6.07, 6.45) is 0. The van der Waals surface area contributed by atoms with Crippen molar-refractivity contribution in [2.45, 2.75) is 11.8 Å². The lowest BCUT2D eigenvalue weighted by Crippen LogP contribution is -2.18. The molecule has 0 bridgehead atoms. The SMILES string of the molecule is O=C1NCC(c2ccccc2Cl)C1c1ccc(Cl)c(Cl)c1. The fraction of sp³-hybridized carbons (Fsp3) is 0.188. The molecular weight excluding hydrogens is 329 g/mol. The van der Waals surface area contributed by atoms with Crippen LogP contribution >= 0.6 is 34.8 Å². The van der Waals surface area contributed by atoms with Crippen molar-refractivity contribution in [3.63, 3.8) is 0 Å². The molecule has 1 aliphatic heterocycles. The fourth-order valence-corrected chi connectivity index (χ4v) is 3.36. The third-order valence-corrected chi connectivity index (χ3v) is 4.87. The molecule has 21 heavy (non-hydrogen) atoms. The summed E-state index contributed by atoms with van der Waals surface area (Å²) in [5, 5.41) is 4.51. The highest BCUT2D eigenvalue weighted by Gasteiger charge is 2.37. The van der Waals surface area contributed by atoms with E-state index >= 15 is 0 Å². The van der Waals surface area contributed by atoms with Crippen molar-refractivity contribution >= 4 is 40.7 Å². The van der Waals surface area contributed by atoms with Gasteiger partial charge in [0.2, 0.25) is 5.91 Å². The zero-order valence-corrected chi connectivity index (χ0v) is 13.2. The zero-order chi connectivity index (χ0) is 15.0. The first-order valence-corrected chi connectivity index (χ1v) is 7.68. The van der Waals surface area contributed by atoms with E-state index < -0.39 is 0 Å². The first kappa shape index (κ1) is 14.7. The Morgan fingerprint density at radius 1 is 0.952 bits per heavy atom. The maximum Gasteiger partial charge on any atom is 0.228 e. The molecule has 2 unspecified atom stereocenters. The Kier molecular flexibility index (Phi) is 4.12. The molecule has 0 aromatic heterocycles. The average Bonchev–Trinajstić information content (AvgIpc) is 2.84. The van der Waals surface area contributed by atoms with E-state index in [9.17, 15) is 4.79 Å². The molecule has 2 aromatic carbocycles. The van der Waals surface area contributed by atoms with E-state index in [1.54, 1.807) is 12.1 Å². The van der Waals surface area contributed by atoms with Crippen LogP contribution in [0.3, 0.4) is 0 Å². The van der Waals surface area contributed by atoms with Gasteiger partial charge in [-0.1, -0.05) is 59.1 Å². The number of amides is 1. The number of halogens is 3. The number of carbonyl (C=O) groups is 1. The number of benzene rings is 2. The van der Waals surface area contributed by atoms with Crippen molar-refractivity contribution in [2.75, 3.05) is 6.54 Å². The molecule has 0 spiro atoms. The number of nitrogens with one attached hydrogen (secondary N) is 1. The predicted octanol–water partition coefficient (Wildman–Crippen LogP) is 4.64. The summed E-state index contributed by atoms with van der Waals surface area (Å²) in [5.41, 5.74) is 1.82. The highest BCUT2D eigenvalue weighted by atomic mass is 35.5. The Hall–Kier alpha value is -1.22. The quantitative estimate of drug-likeness (QED) is 0.847. The molecule has 0 radical (unpaired) electrons. The molecule has 2 nitrogen and oxygen atoms in total. The first-order chi connectivity index (χ1) is 10.1. The number of hydrogen-bond donors (Lipinski definition) is 1. The lowest BCUT2D eigenvalue weighted by atomic mass is 9.83. The summed E-state index contributed by atoms with van der Waals surface area (Å²) in [7, 11) is 0. The Balaban J connectivity index is 2.04. The van der Waals surface area contributed by atoms with E-state index in [2.05, 4.69) is 5.32 Å². The summed E-state index contributed by atoms with van der Waals surface area (Å²) in [5.74, 6) is -0.332. The van der Waals surface area contributed by atoms with Crippen LogP contribution < -0.4 is 5.32 Å². The third-order valence-electron chi connectivity index (χ3n) is 3.79. The predicted molar refractivity (Wildman–Crippen MR) is 86.4 cm³/mol. The van der Waals surface area contributed by atoms with E-state index in [1.165, 1.54) is 0 Å². The fourth-order valence-electron chi connectivity index (χ4n) is 2.78. The van der Waals surface area contributed by atoms with E-state index in [-0.39, 0.29) is 17.7 Å². The van der Waals surface area contributed by atoms with Gasteiger partial charge in [-0.15, -0.1) is 0 Å². The molecule has 2 atom stereocenters. The Morgan fingerprint density at radius 2 is 1.71 bits per heavy atom. The third kappa shape index (κ3) is 2.76. The van der Waals surface area contributed by atoms with Crippen molar-refractivity contribution in [2.24, 2.45) is 0 Å². The lowest BCUT2D eigenvalue weighted by Gasteiger charge is -2.19. The van der Waals surface area contributed by atoms with Gasteiger partial charge in [0.1, 0.15) is 0 Å². The second-order valence-corrected chi connectivity index (χ2v) is 6.25. The molecule has 2 aromatic rings. The summed E-state index contributed by atoms with van der Waals surface area (Å²) < 4.78 is 0. The topological polar surface area (TPSA) is 29.1 Å². The highest BCUT2D eigenvalue weighted by Crippen LogP contribution is 2.40. The monoisotopic (exact) mass is 339 g/mol. The van der Waals surface area contributed by atoms with Crippen LogP contribution in [-0.4, -0.2) is 12.5 Å². The maximum atomic E-state index is 12.2. The smallest absolute Gasteiger partial charge is 0.228 e. The van der Waals surface area contributed by atoms with Crippen LogP contribution in [0, 0.1) is 0 Å². The summed E-state index contributed by atoms with van der Waals surface area (Å²) in [6.45, 7) is 0.563. The Labute approximate surface area is 138 Å². The largest absolute Gasteiger partial charge is 0.355 e. The molecule has 0 aliphatic carbocycles. The highest BCUT2D eigenvalue weighted by molar-refractivity contribution is 6.42. The second-order valence-electron chi connectivity index (χ2n) is 5.02. The van der Waals surface area contributed by atoms with E-state index in [0.717, 1.165) is 11.1 Å². The number of hydrogen-bond acceptors (Lipinski definition) is 1. The Bertz CT molecular complexity index is 702. The molecule has 1 heterocycles. The van der Waals surface area contributed by atoms with Crippen molar-refractivity contribution in [3.05, 3.63) is 68.7 Å². The molecule has 3 rings (SSSR count). The van der Waals surface area contributed by atoms with Gasteiger partial charge in [0, 0.05) is 17.5 Å². The average molecular weight is 341 g/mol. The molecule has 108 valence electrons. The maximum absolute atomic E-state index is 12.2. The van der Waals surface area contributed by atoms with Gasteiger partial charge in [0.15, 0.2) is 0 Å². The van der Waals surface area contributed by atoms with Crippen molar-refractivity contribution in [1.82, 2.24) is 5.32 Å². The van der Waals surface area contributed by atoms with Crippen molar-refractivity contribution < 1.29 is 4.79 Å². The van der Waals surface area contributed by atoms with Crippen LogP contribution in [0.5, 0.6) is 0 Å². The molecule has 1 aliphatic rings. The molecular formula is C16H12Cl3NO. The standard InChI is InChI=1S/C16H12Cl3NO/c17-12-4-2-1-3-10(12)11-8-20-16(21)15(11)9-5-6-13(18)14(19)7-9/h1-7,11,15H,8H2,(H,20,21). The van der Waals surface area contributed by atoms with Crippen molar-refractivity contribution in [3.8, 4) is 0 Å². The molecule has 5 heteroatoms. The van der Waals surface area contributed by atoms with Gasteiger partial charge >= 0.3 is 0 Å². The summed E-state index contributed by atoms with van der Waals surface area (Å²) >= 11 is 18.3. The second kappa shape index (κ2) is 5.88.